The summed E-state index contributed by atoms with van der Waals surface area (Å²) in [5, 5.41) is 20.7. The zero-order valence-electron chi connectivity index (χ0n) is 9.78. The van der Waals surface area contributed by atoms with Crippen LogP contribution in [0.2, 0.25) is 0 Å². The fraction of sp³-hybridized carbons (Fsp3) is 0.364. The van der Waals surface area contributed by atoms with E-state index in [4.69, 9.17) is 5.73 Å². The Bertz CT molecular complexity index is 449. The van der Waals surface area contributed by atoms with Crippen molar-refractivity contribution in [2.75, 3.05) is 6.61 Å². The largest absolute Gasteiger partial charge is 0.465 e. The summed E-state index contributed by atoms with van der Waals surface area (Å²) in [6.07, 6.45) is -1.48. The molecular formula is C11H14N2O5. The molecule has 18 heavy (non-hydrogen) atoms. The van der Waals surface area contributed by atoms with E-state index >= 15 is 0 Å². The summed E-state index contributed by atoms with van der Waals surface area (Å²) >= 11 is 0. The SMILES string of the molecule is CCOC(=O)[C@@H](N)[C@H](O)c1ccccc1[N+](=O)[O-]. The Morgan fingerprint density at radius 1 is 1.56 bits per heavy atom. The summed E-state index contributed by atoms with van der Waals surface area (Å²) in [4.78, 5) is 21.5. The van der Waals surface area contributed by atoms with Gasteiger partial charge < -0.3 is 15.6 Å². The maximum absolute atomic E-state index is 11.4. The van der Waals surface area contributed by atoms with Crippen LogP contribution in [-0.4, -0.2) is 28.6 Å². The highest BCUT2D eigenvalue weighted by atomic mass is 16.6. The molecular weight excluding hydrogens is 240 g/mol. The normalized spacial score (nSPS) is 13.7. The highest BCUT2D eigenvalue weighted by Gasteiger charge is 2.30. The lowest BCUT2D eigenvalue weighted by molar-refractivity contribution is -0.386. The van der Waals surface area contributed by atoms with Gasteiger partial charge in [0, 0.05) is 6.07 Å². The Kier molecular flexibility index (Phi) is 4.75. The van der Waals surface area contributed by atoms with E-state index in [-0.39, 0.29) is 17.9 Å². The minimum absolute atomic E-state index is 0.0111. The number of hydrogen-bond donors (Lipinski definition) is 2. The Morgan fingerprint density at radius 2 is 2.17 bits per heavy atom. The number of para-hydroxylation sites is 1. The number of esters is 1. The Balaban J connectivity index is 2.99. The second-order valence-corrected chi connectivity index (χ2v) is 3.54. The maximum Gasteiger partial charge on any atom is 0.325 e. The molecule has 0 fully saturated rings. The van der Waals surface area contributed by atoms with Crippen molar-refractivity contribution in [2.45, 2.75) is 19.1 Å². The molecule has 0 unspecified atom stereocenters. The molecule has 1 rings (SSSR count). The third kappa shape index (κ3) is 3.02. The Labute approximate surface area is 103 Å². The summed E-state index contributed by atoms with van der Waals surface area (Å²) < 4.78 is 4.65. The van der Waals surface area contributed by atoms with Crippen LogP contribution in [0.4, 0.5) is 5.69 Å². The van der Waals surface area contributed by atoms with Crippen LogP contribution in [-0.2, 0) is 9.53 Å². The zero-order chi connectivity index (χ0) is 13.7. The molecule has 0 radical (unpaired) electrons. The minimum atomic E-state index is -1.48. The summed E-state index contributed by atoms with van der Waals surface area (Å²) in [5.41, 5.74) is 5.20. The van der Waals surface area contributed by atoms with Gasteiger partial charge >= 0.3 is 5.97 Å². The molecule has 0 bridgehead atoms. The van der Waals surface area contributed by atoms with Crippen molar-refractivity contribution in [1.82, 2.24) is 0 Å². The maximum atomic E-state index is 11.4. The number of ether oxygens (including phenoxy) is 1. The van der Waals surface area contributed by atoms with Gasteiger partial charge in [-0.25, -0.2) is 0 Å². The van der Waals surface area contributed by atoms with E-state index in [9.17, 15) is 20.0 Å². The van der Waals surface area contributed by atoms with Gasteiger partial charge in [0.15, 0.2) is 0 Å². The predicted octanol–water partition coefficient (Wildman–Crippen LogP) is 0.519. The number of carbonyl (C=O) groups is 1. The first-order valence-electron chi connectivity index (χ1n) is 5.32. The quantitative estimate of drug-likeness (QED) is 0.449. The van der Waals surface area contributed by atoms with E-state index in [1.165, 1.54) is 24.3 Å². The van der Waals surface area contributed by atoms with Crippen LogP contribution in [0.3, 0.4) is 0 Å². The first-order valence-corrected chi connectivity index (χ1v) is 5.32. The third-order valence-corrected chi connectivity index (χ3v) is 2.35. The molecule has 0 aliphatic heterocycles. The van der Waals surface area contributed by atoms with Gasteiger partial charge in [-0.15, -0.1) is 0 Å². The molecule has 98 valence electrons. The number of nitro benzene ring substituents is 1. The first kappa shape index (κ1) is 14.1. The van der Waals surface area contributed by atoms with E-state index in [1.807, 2.05) is 0 Å². The third-order valence-electron chi connectivity index (χ3n) is 2.35. The molecule has 7 nitrogen and oxygen atoms in total. The van der Waals surface area contributed by atoms with Crippen LogP contribution in [0.25, 0.3) is 0 Å². The Hall–Kier alpha value is -1.99. The molecule has 2 atom stereocenters. The monoisotopic (exact) mass is 254 g/mol. The van der Waals surface area contributed by atoms with Crippen LogP contribution < -0.4 is 5.73 Å². The van der Waals surface area contributed by atoms with E-state index < -0.39 is 23.0 Å². The number of hydrogen-bond acceptors (Lipinski definition) is 6. The fourth-order valence-electron chi connectivity index (χ4n) is 1.46. The summed E-state index contributed by atoms with van der Waals surface area (Å²) in [7, 11) is 0. The molecule has 0 spiro atoms. The number of carbonyl (C=O) groups excluding carboxylic acids is 1. The van der Waals surface area contributed by atoms with Gasteiger partial charge in [-0.05, 0) is 13.0 Å². The molecule has 3 N–H and O–H groups in total. The lowest BCUT2D eigenvalue weighted by Gasteiger charge is -2.17. The lowest BCUT2D eigenvalue weighted by atomic mass is 10.0. The van der Waals surface area contributed by atoms with Crippen LogP contribution >= 0.6 is 0 Å². The molecule has 0 aliphatic rings. The van der Waals surface area contributed by atoms with Gasteiger partial charge in [0.25, 0.3) is 5.69 Å². The predicted molar refractivity (Wildman–Crippen MR) is 62.7 cm³/mol. The van der Waals surface area contributed by atoms with Crippen LogP contribution in [0.1, 0.15) is 18.6 Å². The molecule has 1 aromatic rings. The van der Waals surface area contributed by atoms with Crippen molar-refractivity contribution < 1.29 is 19.6 Å². The van der Waals surface area contributed by atoms with Crippen LogP contribution in [0, 0.1) is 10.1 Å². The number of aliphatic hydroxyl groups excluding tert-OH is 1. The van der Waals surface area contributed by atoms with Gasteiger partial charge in [-0.2, -0.15) is 0 Å². The summed E-state index contributed by atoms with van der Waals surface area (Å²) in [6.45, 7) is 1.72. The molecule has 0 heterocycles. The summed E-state index contributed by atoms with van der Waals surface area (Å²) in [5.74, 6) is -0.803. The molecule has 1 aromatic carbocycles. The van der Waals surface area contributed by atoms with Crippen molar-refractivity contribution in [3.8, 4) is 0 Å². The van der Waals surface area contributed by atoms with E-state index in [1.54, 1.807) is 6.92 Å². The van der Waals surface area contributed by atoms with Gasteiger partial charge in [-0.1, -0.05) is 12.1 Å². The molecule has 0 aromatic heterocycles. The minimum Gasteiger partial charge on any atom is -0.465 e. The second-order valence-electron chi connectivity index (χ2n) is 3.54. The van der Waals surface area contributed by atoms with Crippen molar-refractivity contribution in [3.63, 3.8) is 0 Å². The molecule has 0 aliphatic carbocycles. The van der Waals surface area contributed by atoms with Crippen molar-refractivity contribution in [3.05, 3.63) is 39.9 Å². The van der Waals surface area contributed by atoms with Gasteiger partial charge in [0.05, 0.1) is 17.1 Å². The average Bonchev–Trinajstić information content (AvgIpc) is 2.37. The molecule has 0 saturated carbocycles. The highest BCUT2D eigenvalue weighted by Crippen LogP contribution is 2.26. The van der Waals surface area contributed by atoms with E-state index in [0.717, 1.165) is 0 Å². The summed E-state index contributed by atoms with van der Waals surface area (Å²) in [6, 6.07) is 4.21. The van der Waals surface area contributed by atoms with Crippen molar-refractivity contribution >= 4 is 11.7 Å². The van der Waals surface area contributed by atoms with Crippen molar-refractivity contribution in [2.24, 2.45) is 5.73 Å². The lowest BCUT2D eigenvalue weighted by Crippen LogP contribution is -2.38. The van der Waals surface area contributed by atoms with Crippen LogP contribution in [0.5, 0.6) is 0 Å². The van der Waals surface area contributed by atoms with E-state index in [2.05, 4.69) is 4.74 Å². The van der Waals surface area contributed by atoms with Gasteiger partial charge in [-0.3, -0.25) is 14.9 Å². The second kappa shape index (κ2) is 6.08. The van der Waals surface area contributed by atoms with Crippen LogP contribution in [0.15, 0.2) is 24.3 Å². The molecule has 0 saturated heterocycles. The highest BCUT2D eigenvalue weighted by molar-refractivity contribution is 5.76. The number of benzene rings is 1. The number of aliphatic hydroxyl groups is 1. The van der Waals surface area contributed by atoms with Gasteiger partial charge in [0.2, 0.25) is 0 Å². The topological polar surface area (TPSA) is 116 Å². The number of nitro groups is 1. The number of nitrogens with two attached hydrogens (primary N) is 1. The zero-order valence-corrected chi connectivity index (χ0v) is 9.78. The van der Waals surface area contributed by atoms with Gasteiger partial charge in [0.1, 0.15) is 12.1 Å². The van der Waals surface area contributed by atoms with E-state index in [0.29, 0.717) is 0 Å². The Morgan fingerprint density at radius 3 is 2.72 bits per heavy atom. The molecule has 0 amide bonds. The average molecular weight is 254 g/mol. The molecule has 7 heteroatoms. The number of nitrogens with zero attached hydrogens (tertiary/aromatic N) is 1. The van der Waals surface area contributed by atoms with Crippen molar-refractivity contribution in [1.29, 1.82) is 0 Å². The standard InChI is InChI=1S/C11H14N2O5/c1-2-18-11(15)9(12)10(14)7-5-3-4-6-8(7)13(16)17/h3-6,9-10,14H,2,12H2,1H3/t9-,10+/m0/s1. The number of rotatable bonds is 5. The smallest absolute Gasteiger partial charge is 0.325 e. The first-order chi connectivity index (χ1) is 8.49. The fourth-order valence-corrected chi connectivity index (χ4v) is 1.46.